The molecule has 1 N–H and O–H groups in total. The van der Waals surface area contributed by atoms with Crippen molar-refractivity contribution in [2.45, 2.75) is 20.3 Å². The number of halogens is 1. The van der Waals surface area contributed by atoms with Gasteiger partial charge < -0.3 is 33.6 Å². The number of ether oxygens (including phenoxy) is 5. The van der Waals surface area contributed by atoms with Crippen LogP contribution in [0.1, 0.15) is 33.7 Å². The highest BCUT2D eigenvalue weighted by molar-refractivity contribution is 6.05. The van der Waals surface area contributed by atoms with Crippen molar-refractivity contribution >= 4 is 28.2 Å². The number of hydrogen-bond donors (Lipinski definition) is 1. The van der Waals surface area contributed by atoms with Crippen molar-refractivity contribution in [1.29, 1.82) is 0 Å². The number of anilines is 1. The summed E-state index contributed by atoms with van der Waals surface area (Å²) in [6.45, 7) is 5.13. The van der Waals surface area contributed by atoms with E-state index in [2.05, 4.69) is 15.3 Å². The summed E-state index contributed by atoms with van der Waals surface area (Å²) in [5.74, 6) is -0.651. The van der Waals surface area contributed by atoms with E-state index in [1.807, 2.05) is 17.6 Å². The maximum Gasteiger partial charge on any atom is 0.261 e. The number of methoxy groups -OCH3 is 2. The minimum atomic E-state index is -0.735. The van der Waals surface area contributed by atoms with E-state index in [9.17, 15) is 9.59 Å². The van der Waals surface area contributed by atoms with E-state index < -0.39 is 11.7 Å². The number of hydrogen-bond acceptors (Lipinski definition) is 9. The van der Waals surface area contributed by atoms with Crippen molar-refractivity contribution in [2.24, 2.45) is 7.05 Å². The molecule has 1 aliphatic rings. The molecular formula is C32H33FN4O7. The Hall–Kier alpha value is -4.81. The molecule has 0 saturated carbocycles. The van der Waals surface area contributed by atoms with Crippen LogP contribution in [0, 0.1) is 19.7 Å². The molecule has 1 aliphatic heterocycles. The third kappa shape index (κ3) is 6.12. The smallest absolute Gasteiger partial charge is 0.261 e. The Balaban J connectivity index is 1.40. The zero-order chi connectivity index (χ0) is 31.4. The molecular weight excluding hydrogens is 571 g/mol. The molecule has 1 aromatic carbocycles. The number of pyridine rings is 3. The Morgan fingerprint density at radius 2 is 1.91 bits per heavy atom. The van der Waals surface area contributed by atoms with Crippen LogP contribution in [-0.4, -0.2) is 61.1 Å². The van der Waals surface area contributed by atoms with E-state index in [-0.39, 0.29) is 40.7 Å². The van der Waals surface area contributed by atoms with Crippen LogP contribution < -0.4 is 25.0 Å². The van der Waals surface area contributed by atoms with Gasteiger partial charge in [-0.3, -0.25) is 14.6 Å². The number of rotatable bonds is 10. The zero-order valence-corrected chi connectivity index (χ0v) is 25.2. The summed E-state index contributed by atoms with van der Waals surface area (Å²) in [6, 6.07) is 7.21. The molecule has 0 spiro atoms. The second-order valence-corrected chi connectivity index (χ2v) is 10.1. The fourth-order valence-corrected chi connectivity index (χ4v) is 4.99. The van der Waals surface area contributed by atoms with Gasteiger partial charge in [-0.15, -0.1) is 0 Å². The van der Waals surface area contributed by atoms with Gasteiger partial charge in [-0.05, 0) is 38.0 Å². The normalized spacial score (nSPS) is 13.0. The van der Waals surface area contributed by atoms with Gasteiger partial charge in [0.1, 0.15) is 17.7 Å². The molecule has 0 unspecified atom stereocenters. The highest BCUT2D eigenvalue weighted by Crippen LogP contribution is 2.35. The molecule has 0 fully saturated rings. The maximum absolute atomic E-state index is 15.3. The molecule has 4 aromatic rings. The second-order valence-electron chi connectivity index (χ2n) is 10.1. The summed E-state index contributed by atoms with van der Waals surface area (Å²) in [7, 11) is 4.83. The fraction of sp³-hybridized carbons (Fsp3) is 0.312. The van der Waals surface area contributed by atoms with Gasteiger partial charge in [0.25, 0.3) is 11.8 Å². The Morgan fingerprint density at radius 1 is 1.09 bits per heavy atom. The molecule has 4 heterocycles. The number of amides is 1. The Labute approximate surface area is 253 Å². The third-order valence-corrected chi connectivity index (χ3v) is 7.45. The van der Waals surface area contributed by atoms with E-state index in [1.54, 1.807) is 33.2 Å². The standard InChI is InChI=1S/C32H33FN4O7/c1-18-27(20-9-12-42-13-10-20)30(38)28(19(2)37(18)3)31(39)35-21-6-7-24(22(33)16-21)44-25-8-11-34-23-17-26(43-15-14-40-4)32(41-5)36-29(23)25/h6-9,11,16-17H,10,12-15H2,1-5H3,(H,35,39). The lowest BCUT2D eigenvalue weighted by Gasteiger charge is -2.21. The molecule has 0 atom stereocenters. The van der Waals surface area contributed by atoms with Crippen LogP contribution in [0.2, 0.25) is 0 Å². The van der Waals surface area contributed by atoms with E-state index in [1.165, 1.54) is 25.4 Å². The summed E-state index contributed by atoms with van der Waals surface area (Å²) in [4.78, 5) is 35.7. The summed E-state index contributed by atoms with van der Waals surface area (Å²) >= 11 is 0. The van der Waals surface area contributed by atoms with E-state index >= 15 is 4.39 Å². The molecule has 12 heteroatoms. The third-order valence-electron chi connectivity index (χ3n) is 7.45. The quantitative estimate of drug-likeness (QED) is 0.250. The van der Waals surface area contributed by atoms with Crippen molar-refractivity contribution in [3.05, 3.63) is 81.2 Å². The zero-order valence-electron chi connectivity index (χ0n) is 25.2. The SMILES string of the molecule is COCCOc1cc2nccc(Oc3ccc(NC(=O)c4c(C)n(C)c(C)c(C5=CCOCC5)c4=O)cc3F)c2nc1OC. The molecule has 3 aromatic heterocycles. The topological polar surface area (TPSA) is 123 Å². The molecule has 5 rings (SSSR count). The minimum Gasteiger partial charge on any atom is -0.485 e. The number of nitrogens with zero attached hydrogens (tertiary/aromatic N) is 3. The van der Waals surface area contributed by atoms with Gasteiger partial charge in [0, 0.05) is 61.2 Å². The highest BCUT2D eigenvalue weighted by atomic mass is 19.1. The van der Waals surface area contributed by atoms with Gasteiger partial charge in [-0.2, -0.15) is 0 Å². The number of benzene rings is 1. The minimum absolute atomic E-state index is 0.00456. The van der Waals surface area contributed by atoms with Gasteiger partial charge in [0.15, 0.2) is 23.1 Å². The predicted octanol–water partition coefficient (Wildman–Crippen LogP) is 4.97. The second kappa shape index (κ2) is 13.2. The average Bonchev–Trinajstić information content (AvgIpc) is 3.02. The van der Waals surface area contributed by atoms with Crippen LogP contribution in [0.25, 0.3) is 16.6 Å². The lowest BCUT2D eigenvalue weighted by molar-refractivity contribution is 0.102. The Morgan fingerprint density at radius 3 is 2.61 bits per heavy atom. The summed E-state index contributed by atoms with van der Waals surface area (Å²) in [5, 5.41) is 2.67. The monoisotopic (exact) mass is 604 g/mol. The van der Waals surface area contributed by atoms with E-state index in [0.29, 0.717) is 54.3 Å². The van der Waals surface area contributed by atoms with Gasteiger partial charge in [-0.25, -0.2) is 9.37 Å². The van der Waals surface area contributed by atoms with Crippen LogP contribution in [0.5, 0.6) is 23.1 Å². The molecule has 11 nitrogen and oxygen atoms in total. The lowest BCUT2D eigenvalue weighted by Crippen LogP contribution is -2.30. The van der Waals surface area contributed by atoms with Gasteiger partial charge in [0.2, 0.25) is 5.43 Å². The number of fused-ring (bicyclic) bond motifs is 1. The number of carbonyl (C=O) groups is 1. The average molecular weight is 605 g/mol. The first-order chi connectivity index (χ1) is 21.2. The molecule has 0 bridgehead atoms. The van der Waals surface area contributed by atoms with Crippen molar-refractivity contribution in [3.8, 4) is 23.1 Å². The first-order valence-corrected chi connectivity index (χ1v) is 13.9. The van der Waals surface area contributed by atoms with Crippen molar-refractivity contribution in [2.75, 3.05) is 46.0 Å². The number of nitrogens with one attached hydrogen (secondary N) is 1. The Kier molecular flexibility index (Phi) is 9.21. The van der Waals surface area contributed by atoms with Crippen LogP contribution >= 0.6 is 0 Å². The highest BCUT2D eigenvalue weighted by Gasteiger charge is 2.24. The van der Waals surface area contributed by atoms with Gasteiger partial charge >= 0.3 is 0 Å². The molecule has 0 aliphatic carbocycles. The van der Waals surface area contributed by atoms with Crippen LogP contribution in [0.3, 0.4) is 0 Å². The molecule has 230 valence electrons. The molecule has 44 heavy (non-hydrogen) atoms. The van der Waals surface area contributed by atoms with Crippen molar-refractivity contribution in [3.63, 3.8) is 0 Å². The predicted molar refractivity (Wildman–Crippen MR) is 162 cm³/mol. The largest absolute Gasteiger partial charge is 0.485 e. The van der Waals surface area contributed by atoms with Crippen LogP contribution in [0.15, 0.2) is 47.4 Å². The first kappa shape index (κ1) is 30.6. The van der Waals surface area contributed by atoms with E-state index in [4.69, 9.17) is 23.7 Å². The van der Waals surface area contributed by atoms with Gasteiger partial charge in [0.05, 0.1) is 32.4 Å². The summed E-state index contributed by atoms with van der Waals surface area (Å²) in [6.07, 6.45) is 3.95. The van der Waals surface area contributed by atoms with Gasteiger partial charge in [-0.1, -0.05) is 6.08 Å². The van der Waals surface area contributed by atoms with Crippen LogP contribution in [0.4, 0.5) is 10.1 Å². The maximum atomic E-state index is 15.3. The van der Waals surface area contributed by atoms with Crippen LogP contribution in [-0.2, 0) is 16.5 Å². The lowest BCUT2D eigenvalue weighted by atomic mass is 9.96. The summed E-state index contributed by atoms with van der Waals surface area (Å²) in [5.41, 5.74) is 3.17. The molecule has 0 saturated heterocycles. The first-order valence-electron chi connectivity index (χ1n) is 13.9. The molecule has 0 radical (unpaired) electrons. The van der Waals surface area contributed by atoms with E-state index in [0.717, 1.165) is 17.3 Å². The molecule has 1 amide bonds. The summed E-state index contributed by atoms with van der Waals surface area (Å²) < 4.78 is 44.5. The van der Waals surface area contributed by atoms with Crippen molar-refractivity contribution in [1.82, 2.24) is 14.5 Å². The fourth-order valence-electron chi connectivity index (χ4n) is 4.99. The Bertz CT molecular complexity index is 1820. The number of carbonyl (C=O) groups excluding carboxylic acids is 1. The van der Waals surface area contributed by atoms with Crippen molar-refractivity contribution < 1.29 is 32.9 Å². The number of aromatic nitrogens is 3.